The summed E-state index contributed by atoms with van der Waals surface area (Å²) in [4.78, 5) is 11.4. The highest BCUT2D eigenvalue weighted by molar-refractivity contribution is 6.32. The first-order valence-corrected chi connectivity index (χ1v) is 5.47. The third kappa shape index (κ3) is 3.39. The molecule has 1 rings (SSSR count). The molecule has 0 amide bonds. The lowest BCUT2D eigenvalue weighted by Crippen LogP contribution is -2.04. The Kier molecular flexibility index (Phi) is 4.40. The molecule has 0 unspecified atom stereocenters. The SMILES string of the molecule is CCOC(=O)C(C)=Cc1cc(N)c(O)c(Cl)c1. The summed E-state index contributed by atoms with van der Waals surface area (Å²) in [5, 5.41) is 9.54. The largest absolute Gasteiger partial charge is 0.504 e. The highest BCUT2D eigenvalue weighted by Gasteiger charge is 2.07. The van der Waals surface area contributed by atoms with E-state index >= 15 is 0 Å². The quantitative estimate of drug-likeness (QED) is 0.377. The van der Waals surface area contributed by atoms with E-state index in [2.05, 4.69) is 0 Å². The van der Waals surface area contributed by atoms with Crippen molar-refractivity contribution in [1.82, 2.24) is 0 Å². The molecule has 4 nitrogen and oxygen atoms in total. The maximum atomic E-state index is 11.4. The van der Waals surface area contributed by atoms with Crippen LogP contribution < -0.4 is 5.73 Å². The number of hydrogen-bond acceptors (Lipinski definition) is 4. The van der Waals surface area contributed by atoms with Crippen molar-refractivity contribution in [3.8, 4) is 5.75 Å². The molecule has 0 fully saturated rings. The predicted molar refractivity (Wildman–Crippen MR) is 67.8 cm³/mol. The minimum Gasteiger partial charge on any atom is -0.504 e. The zero-order valence-electron chi connectivity index (χ0n) is 9.66. The van der Waals surface area contributed by atoms with E-state index in [1.165, 1.54) is 12.1 Å². The van der Waals surface area contributed by atoms with Gasteiger partial charge in [-0.2, -0.15) is 0 Å². The van der Waals surface area contributed by atoms with Gasteiger partial charge in [-0.15, -0.1) is 0 Å². The van der Waals surface area contributed by atoms with Crippen molar-refractivity contribution in [2.24, 2.45) is 0 Å². The number of ether oxygens (including phenoxy) is 1. The summed E-state index contributed by atoms with van der Waals surface area (Å²) in [6.07, 6.45) is 1.60. The Bertz CT molecular complexity index is 446. The first-order valence-electron chi connectivity index (χ1n) is 5.09. The molecule has 0 aliphatic rings. The fraction of sp³-hybridized carbons (Fsp3) is 0.250. The first kappa shape index (κ1) is 13.4. The highest BCUT2D eigenvalue weighted by Crippen LogP contribution is 2.31. The van der Waals surface area contributed by atoms with E-state index in [1.807, 2.05) is 0 Å². The zero-order chi connectivity index (χ0) is 13.0. The number of hydrogen-bond donors (Lipinski definition) is 2. The molecule has 3 N–H and O–H groups in total. The molecule has 1 aromatic rings. The van der Waals surface area contributed by atoms with Gasteiger partial charge in [-0.25, -0.2) is 4.79 Å². The van der Waals surface area contributed by atoms with Gasteiger partial charge in [0.2, 0.25) is 0 Å². The van der Waals surface area contributed by atoms with Gasteiger partial charge in [-0.1, -0.05) is 11.6 Å². The zero-order valence-corrected chi connectivity index (χ0v) is 10.4. The van der Waals surface area contributed by atoms with Gasteiger partial charge in [0.1, 0.15) is 0 Å². The summed E-state index contributed by atoms with van der Waals surface area (Å²) < 4.78 is 4.84. The minimum atomic E-state index is -0.393. The van der Waals surface area contributed by atoms with Crippen molar-refractivity contribution in [3.05, 3.63) is 28.3 Å². The first-order chi connectivity index (χ1) is 7.95. The number of phenolic OH excluding ortho intramolecular Hbond substituents is 1. The summed E-state index contributed by atoms with van der Waals surface area (Å²) in [6, 6.07) is 3.06. The Morgan fingerprint density at radius 3 is 2.76 bits per heavy atom. The maximum Gasteiger partial charge on any atom is 0.333 e. The predicted octanol–water partition coefficient (Wildman–Crippen LogP) is 2.59. The lowest BCUT2D eigenvalue weighted by Gasteiger charge is -2.05. The molecular weight excluding hydrogens is 242 g/mol. The molecule has 0 aliphatic heterocycles. The van der Waals surface area contributed by atoms with Gasteiger partial charge in [-0.3, -0.25) is 0 Å². The van der Waals surface area contributed by atoms with Gasteiger partial charge in [0.25, 0.3) is 0 Å². The summed E-state index contributed by atoms with van der Waals surface area (Å²) in [6.45, 7) is 3.69. The van der Waals surface area contributed by atoms with Crippen LogP contribution in [0.2, 0.25) is 5.02 Å². The van der Waals surface area contributed by atoms with Crippen molar-refractivity contribution in [2.45, 2.75) is 13.8 Å². The number of carbonyl (C=O) groups is 1. The van der Waals surface area contributed by atoms with E-state index in [1.54, 1.807) is 19.9 Å². The average molecular weight is 256 g/mol. The van der Waals surface area contributed by atoms with Crippen LogP contribution in [0, 0.1) is 0 Å². The monoisotopic (exact) mass is 255 g/mol. The third-order valence-corrected chi connectivity index (χ3v) is 2.38. The van der Waals surface area contributed by atoms with E-state index in [-0.39, 0.29) is 16.5 Å². The van der Waals surface area contributed by atoms with Crippen molar-refractivity contribution in [2.75, 3.05) is 12.3 Å². The van der Waals surface area contributed by atoms with Crippen molar-refractivity contribution < 1.29 is 14.6 Å². The van der Waals surface area contributed by atoms with Gasteiger partial charge in [0.05, 0.1) is 17.3 Å². The van der Waals surface area contributed by atoms with E-state index < -0.39 is 5.97 Å². The summed E-state index contributed by atoms with van der Waals surface area (Å²) >= 11 is 5.77. The number of anilines is 1. The molecular formula is C12H14ClNO3. The second kappa shape index (κ2) is 5.59. The van der Waals surface area contributed by atoms with Gasteiger partial charge < -0.3 is 15.6 Å². The summed E-state index contributed by atoms with van der Waals surface area (Å²) in [5.74, 6) is -0.548. The second-order valence-corrected chi connectivity index (χ2v) is 3.90. The number of halogens is 1. The Morgan fingerprint density at radius 2 is 2.24 bits per heavy atom. The number of nitrogens with two attached hydrogens (primary N) is 1. The molecule has 0 aromatic heterocycles. The molecule has 92 valence electrons. The van der Waals surface area contributed by atoms with E-state index in [0.717, 1.165) is 0 Å². The maximum absolute atomic E-state index is 11.4. The van der Waals surface area contributed by atoms with Crippen LogP contribution in [0.1, 0.15) is 19.4 Å². The lowest BCUT2D eigenvalue weighted by molar-refractivity contribution is -0.138. The van der Waals surface area contributed by atoms with Crippen LogP contribution in [0.15, 0.2) is 17.7 Å². The Balaban J connectivity index is 3.02. The molecule has 0 saturated heterocycles. The van der Waals surface area contributed by atoms with Gasteiger partial charge in [0.15, 0.2) is 5.75 Å². The summed E-state index contributed by atoms with van der Waals surface area (Å²) in [7, 11) is 0. The third-order valence-electron chi connectivity index (χ3n) is 2.10. The van der Waals surface area contributed by atoms with Crippen LogP contribution in [-0.2, 0) is 9.53 Å². The van der Waals surface area contributed by atoms with Crippen molar-refractivity contribution >= 4 is 29.3 Å². The van der Waals surface area contributed by atoms with Crippen LogP contribution >= 0.6 is 11.6 Å². The molecule has 0 heterocycles. The smallest absolute Gasteiger partial charge is 0.333 e. The Labute approximate surface area is 105 Å². The normalized spacial score (nSPS) is 11.4. The molecule has 0 atom stereocenters. The number of nitrogen functional groups attached to an aromatic ring is 1. The molecule has 0 saturated carbocycles. The van der Waals surface area contributed by atoms with E-state index in [4.69, 9.17) is 22.1 Å². The van der Waals surface area contributed by atoms with Crippen LogP contribution in [0.3, 0.4) is 0 Å². The van der Waals surface area contributed by atoms with Gasteiger partial charge in [0, 0.05) is 5.57 Å². The number of rotatable bonds is 3. The molecule has 0 radical (unpaired) electrons. The molecule has 5 heteroatoms. The molecule has 1 aromatic carbocycles. The number of benzene rings is 1. The van der Waals surface area contributed by atoms with Crippen LogP contribution in [-0.4, -0.2) is 17.7 Å². The van der Waals surface area contributed by atoms with Crippen molar-refractivity contribution in [1.29, 1.82) is 0 Å². The molecule has 0 bridgehead atoms. The topological polar surface area (TPSA) is 72.5 Å². The second-order valence-electron chi connectivity index (χ2n) is 3.49. The fourth-order valence-corrected chi connectivity index (χ4v) is 1.51. The Morgan fingerprint density at radius 1 is 1.59 bits per heavy atom. The number of phenols is 1. The molecule has 0 spiro atoms. The molecule has 0 aliphatic carbocycles. The highest BCUT2D eigenvalue weighted by atomic mass is 35.5. The van der Waals surface area contributed by atoms with Crippen LogP contribution in [0.5, 0.6) is 5.75 Å². The average Bonchev–Trinajstić information content (AvgIpc) is 2.26. The van der Waals surface area contributed by atoms with E-state index in [0.29, 0.717) is 17.7 Å². The van der Waals surface area contributed by atoms with Crippen molar-refractivity contribution in [3.63, 3.8) is 0 Å². The number of aromatic hydroxyl groups is 1. The minimum absolute atomic E-state index is 0.146. The lowest BCUT2D eigenvalue weighted by atomic mass is 10.1. The molecule has 17 heavy (non-hydrogen) atoms. The standard InChI is InChI=1S/C12H14ClNO3/c1-3-17-12(16)7(2)4-8-5-9(13)11(15)10(14)6-8/h4-6,15H,3,14H2,1-2H3. The van der Waals surface area contributed by atoms with Gasteiger partial charge >= 0.3 is 5.97 Å². The number of esters is 1. The van der Waals surface area contributed by atoms with E-state index in [9.17, 15) is 9.90 Å². The Hall–Kier alpha value is -1.68. The van der Waals surface area contributed by atoms with Crippen LogP contribution in [0.4, 0.5) is 5.69 Å². The number of carbonyl (C=O) groups excluding carboxylic acids is 1. The van der Waals surface area contributed by atoms with Gasteiger partial charge in [-0.05, 0) is 37.6 Å². The fourth-order valence-electron chi connectivity index (χ4n) is 1.28. The summed E-state index contributed by atoms with van der Waals surface area (Å²) in [5.41, 5.74) is 6.79. The van der Waals surface area contributed by atoms with Crippen LogP contribution in [0.25, 0.3) is 6.08 Å².